The minimum atomic E-state index is -0.148. The Bertz CT molecular complexity index is 645. The van der Waals surface area contributed by atoms with Crippen molar-refractivity contribution in [1.29, 1.82) is 0 Å². The number of carbonyl (C=O) groups excluding carboxylic acids is 1. The van der Waals surface area contributed by atoms with Crippen LogP contribution in [0.15, 0.2) is 24.3 Å². The maximum Gasteiger partial charge on any atom is 0.261 e. The second-order valence-electron chi connectivity index (χ2n) is 5.79. The van der Waals surface area contributed by atoms with Gasteiger partial charge in [0.2, 0.25) is 0 Å². The van der Waals surface area contributed by atoms with Crippen LogP contribution in [0.2, 0.25) is 0 Å². The minimum Gasteiger partial charge on any atom is -0.399 e. The Balaban J connectivity index is 1.61. The number of nitrogen functional groups attached to an aromatic ring is 1. The SMILES string of the molecule is Nc1ccc2sc(C(=O)NCC3CCC(O)CC3)cc2c1. The lowest BCUT2D eigenvalue weighted by Gasteiger charge is -2.25. The molecule has 1 saturated carbocycles. The number of hydrogen-bond acceptors (Lipinski definition) is 4. The van der Waals surface area contributed by atoms with Gasteiger partial charge in [-0.15, -0.1) is 11.3 Å². The van der Waals surface area contributed by atoms with Gasteiger partial charge >= 0.3 is 0 Å². The first-order valence-corrected chi connectivity index (χ1v) is 8.19. The molecule has 1 amide bonds. The first-order valence-electron chi connectivity index (χ1n) is 7.37. The number of amides is 1. The second-order valence-corrected chi connectivity index (χ2v) is 6.88. The van der Waals surface area contributed by atoms with Crippen LogP contribution in [-0.2, 0) is 0 Å². The van der Waals surface area contributed by atoms with Gasteiger partial charge < -0.3 is 16.2 Å². The molecule has 5 heteroatoms. The summed E-state index contributed by atoms with van der Waals surface area (Å²) in [6.45, 7) is 0.696. The molecule has 112 valence electrons. The molecule has 4 N–H and O–H groups in total. The van der Waals surface area contributed by atoms with Gasteiger partial charge in [0.25, 0.3) is 5.91 Å². The highest BCUT2D eigenvalue weighted by Crippen LogP contribution is 2.28. The molecule has 3 rings (SSSR count). The number of anilines is 1. The minimum absolute atomic E-state index is 0.0131. The zero-order chi connectivity index (χ0) is 14.8. The van der Waals surface area contributed by atoms with Crippen molar-refractivity contribution in [3.8, 4) is 0 Å². The van der Waals surface area contributed by atoms with Crippen molar-refractivity contribution >= 4 is 33.0 Å². The summed E-state index contributed by atoms with van der Waals surface area (Å²) in [6, 6.07) is 7.60. The fourth-order valence-electron chi connectivity index (χ4n) is 2.85. The molecule has 1 aromatic carbocycles. The van der Waals surface area contributed by atoms with E-state index in [1.165, 1.54) is 11.3 Å². The van der Waals surface area contributed by atoms with E-state index in [0.717, 1.165) is 40.6 Å². The van der Waals surface area contributed by atoms with E-state index in [1.54, 1.807) is 0 Å². The van der Waals surface area contributed by atoms with Gasteiger partial charge in [0, 0.05) is 16.9 Å². The van der Waals surface area contributed by atoms with Crippen LogP contribution in [-0.4, -0.2) is 23.7 Å². The van der Waals surface area contributed by atoms with E-state index in [4.69, 9.17) is 5.73 Å². The van der Waals surface area contributed by atoms with E-state index in [2.05, 4.69) is 5.32 Å². The number of rotatable bonds is 3. The summed E-state index contributed by atoms with van der Waals surface area (Å²) < 4.78 is 1.08. The maximum absolute atomic E-state index is 12.2. The number of nitrogens with two attached hydrogens (primary N) is 1. The molecule has 0 spiro atoms. The van der Waals surface area contributed by atoms with Crippen molar-refractivity contribution in [2.45, 2.75) is 31.8 Å². The van der Waals surface area contributed by atoms with Gasteiger partial charge in [-0.3, -0.25) is 4.79 Å². The number of carbonyl (C=O) groups is 1. The molecule has 1 aliphatic carbocycles. The van der Waals surface area contributed by atoms with Gasteiger partial charge in [0.05, 0.1) is 11.0 Å². The molecule has 0 unspecified atom stereocenters. The van der Waals surface area contributed by atoms with Crippen LogP contribution in [0, 0.1) is 5.92 Å². The van der Waals surface area contributed by atoms with Gasteiger partial charge in [0.1, 0.15) is 0 Å². The maximum atomic E-state index is 12.2. The van der Waals surface area contributed by atoms with E-state index in [1.807, 2.05) is 24.3 Å². The lowest BCUT2D eigenvalue weighted by molar-refractivity contribution is 0.0914. The van der Waals surface area contributed by atoms with Crippen molar-refractivity contribution in [1.82, 2.24) is 5.32 Å². The highest BCUT2D eigenvalue weighted by atomic mass is 32.1. The van der Waals surface area contributed by atoms with Crippen LogP contribution in [0.5, 0.6) is 0 Å². The monoisotopic (exact) mass is 304 g/mol. The van der Waals surface area contributed by atoms with Gasteiger partial charge in [-0.1, -0.05) is 0 Å². The molecule has 21 heavy (non-hydrogen) atoms. The molecular formula is C16H20N2O2S. The van der Waals surface area contributed by atoms with Crippen molar-refractivity contribution in [3.05, 3.63) is 29.1 Å². The first kappa shape index (κ1) is 14.4. The molecule has 4 nitrogen and oxygen atoms in total. The lowest BCUT2D eigenvalue weighted by atomic mass is 9.87. The molecule has 0 atom stereocenters. The Morgan fingerprint density at radius 2 is 2.05 bits per heavy atom. The van der Waals surface area contributed by atoms with Crippen LogP contribution in [0.1, 0.15) is 35.4 Å². The fraction of sp³-hybridized carbons (Fsp3) is 0.438. The number of thiophene rings is 1. The van der Waals surface area contributed by atoms with Gasteiger partial charge in [-0.25, -0.2) is 0 Å². The van der Waals surface area contributed by atoms with Crippen molar-refractivity contribution in [2.75, 3.05) is 12.3 Å². The summed E-state index contributed by atoms with van der Waals surface area (Å²) in [5.41, 5.74) is 6.48. The average molecular weight is 304 g/mol. The van der Waals surface area contributed by atoms with E-state index in [9.17, 15) is 9.90 Å². The second kappa shape index (κ2) is 6.03. The third-order valence-electron chi connectivity index (χ3n) is 4.13. The number of aliphatic hydroxyl groups is 1. The Hall–Kier alpha value is -1.59. The van der Waals surface area contributed by atoms with Crippen molar-refractivity contribution < 1.29 is 9.90 Å². The quantitative estimate of drug-likeness (QED) is 0.763. The fourth-order valence-corrected chi connectivity index (χ4v) is 3.81. The third-order valence-corrected chi connectivity index (χ3v) is 5.25. The molecule has 1 aliphatic rings. The largest absolute Gasteiger partial charge is 0.399 e. The Kier molecular flexibility index (Phi) is 4.12. The van der Waals surface area contributed by atoms with E-state index < -0.39 is 0 Å². The summed E-state index contributed by atoms with van der Waals surface area (Å²) in [4.78, 5) is 13.0. The topological polar surface area (TPSA) is 75.4 Å². The molecule has 0 bridgehead atoms. The molecule has 1 fully saturated rings. The standard InChI is InChI=1S/C16H20N2O2S/c17-12-3-6-14-11(7-12)8-15(21-14)16(20)18-9-10-1-4-13(19)5-2-10/h3,6-8,10,13,19H,1-2,4-5,9,17H2,(H,18,20). The van der Waals surface area contributed by atoms with E-state index >= 15 is 0 Å². The van der Waals surface area contributed by atoms with Crippen molar-refractivity contribution in [2.24, 2.45) is 5.92 Å². The zero-order valence-corrected chi connectivity index (χ0v) is 12.7. The Labute approximate surface area is 128 Å². The molecule has 1 aromatic heterocycles. The summed E-state index contributed by atoms with van der Waals surface area (Å²) >= 11 is 1.49. The highest BCUT2D eigenvalue weighted by molar-refractivity contribution is 7.20. The third kappa shape index (κ3) is 3.36. The first-order chi connectivity index (χ1) is 10.1. The predicted octanol–water partition coefficient (Wildman–Crippen LogP) is 2.76. The number of benzene rings is 1. The Morgan fingerprint density at radius 3 is 2.81 bits per heavy atom. The van der Waals surface area contributed by atoms with E-state index in [0.29, 0.717) is 18.2 Å². The lowest BCUT2D eigenvalue weighted by Crippen LogP contribution is -2.31. The molecule has 0 radical (unpaired) electrons. The Morgan fingerprint density at radius 1 is 1.29 bits per heavy atom. The summed E-state index contributed by atoms with van der Waals surface area (Å²) in [5.74, 6) is 0.475. The van der Waals surface area contributed by atoms with Crippen LogP contribution in [0.3, 0.4) is 0 Å². The number of nitrogens with one attached hydrogen (secondary N) is 1. The van der Waals surface area contributed by atoms with Crippen LogP contribution in [0.4, 0.5) is 5.69 Å². The highest BCUT2D eigenvalue weighted by Gasteiger charge is 2.20. The normalized spacial score (nSPS) is 22.3. The van der Waals surface area contributed by atoms with Crippen LogP contribution in [0.25, 0.3) is 10.1 Å². The average Bonchev–Trinajstić information content (AvgIpc) is 2.89. The smallest absolute Gasteiger partial charge is 0.261 e. The molecule has 2 aromatic rings. The van der Waals surface area contributed by atoms with Gasteiger partial charge in [0.15, 0.2) is 0 Å². The molecular weight excluding hydrogens is 284 g/mol. The van der Waals surface area contributed by atoms with E-state index in [-0.39, 0.29) is 12.0 Å². The van der Waals surface area contributed by atoms with Crippen LogP contribution >= 0.6 is 11.3 Å². The summed E-state index contributed by atoms with van der Waals surface area (Å²) in [5, 5.41) is 13.5. The number of fused-ring (bicyclic) bond motifs is 1. The van der Waals surface area contributed by atoms with Gasteiger partial charge in [-0.05, 0) is 61.3 Å². The number of hydrogen-bond donors (Lipinski definition) is 3. The van der Waals surface area contributed by atoms with Crippen LogP contribution < -0.4 is 11.1 Å². The van der Waals surface area contributed by atoms with Gasteiger partial charge in [-0.2, -0.15) is 0 Å². The zero-order valence-electron chi connectivity index (χ0n) is 11.8. The predicted molar refractivity (Wildman–Crippen MR) is 86.5 cm³/mol. The summed E-state index contributed by atoms with van der Waals surface area (Å²) in [6.07, 6.45) is 3.53. The summed E-state index contributed by atoms with van der Waals surface area (Å²) in [7, 11) is 0. The molecule has 0 saturated heterocycles. The molecule has 1 heterocycles. The van der Waals surface area contributed by atoms with Crippen molar-refractivity contribution in [3.63, 3.8) is 0 Å². The number of aliphatic hydroxyl groups excluding tert-OH is 1. The molecule has 0 aliphatic heterocycles.